The highest BCUT2D eigenvalue weighted by Gasteiger charge is 2.31. The summed E-state index contributed by atoms with van der Waals surface area (Å²) in [5.74, 6) is -1.45. The fraction of sp³-hybridized carbons (Fsp3) is 0.500. The Morgan fingerprint density at radius 3 is 1.84 bits per heavy atom. The number of rotatable bonds is 5. The van der Waals surface area contributed by atoms with Gasteiger partial charge in [0, 0.05) is 6.92 Å². The molecular formula is C18H23NO6. The Labute approximate surface area is 146 Å². The Hall–Kier alpha value is -2.57. The van der Waals surface area contributed by atoms with E-state index in [-0.39, 0.29) is 13.2 Å². The van der Waals surface area contributed by atoms with E-state index in [0.717, 1.165) is 24.0 Å². The van der Waals surface area contributed by atoms with Crippen LogP contribution in [-0.2, 0) is 38.4 Å². The predicted octanol–water partition coefficient (Wildman–Crippen LogP) is 2.06. The fourth-order valence-corrected chi connectivity index (χ4v) is 3.12. The molecule has 25 heavy (non-hydrogen) atoms. The number of ether oxygens (including phenoxy) is 3. The van der Waals surface area contributed by atoms with E-state index < -0.39 is 17.9 Å². The molecule has 0 unspecified atom stereocenters. The largest absolute Gasteiger partial charge is 0.464 e. The molecule has 7 heteroatoms. The highest BCUT2D eigenvalue weighted by atomic mass is 16.5. The van der Waals surface area contributed by atoms with Crippen LogP contribution in [0.1, 0.15) is 51.9 Å². The SMILES string of the molecule is COC(=O)c1c2c(c(C(=O)OC)n1CCOC(C)=O)CC/C=C/CC2. The summed E-state index contributed by atoms with van der Waals surface area (Å²) in [6, 6.07) is 0. The maximum Gasteiger partial charge on any atom is 0.354 e. The quantitative estimate of drug-likeness (QED) is 0.460. The van der Waals surface area contributed by atoms with Crippen molar-refractivity contribution in [2.24, 2.45) is 0 Å². The van der Waals surface area contributed by atoms with Crippen LogP contribution in [0.5, 0.6) is 0 Å². The molecule has 0 saturated heterocycles. The normalized spacial score (nSPS) is 14.7. The predicted molar refractivity (Wildman–Crippen MR) is 89.5 cm³/mol. The minimum Gasteiger partial charge on any atom is -0.464 e. The number of fused-ring (bicyclic) bond motifs is 1. The Kier molecular flexibility index (Phi) is 6.38. The lowest BCUT2D eigenvalue weighted by molar-refractivity contribution is -0.141. The number of allylic oxidation sites excluding steroid dienone is 2. The van der Waals surface area contributed by atoms with Crippen molar-refractivity contribution in [3.8, 4) is 0 Å². The molecule has 0 fully saturated rings. The van der Waals surface area contributed by atoms with Gasteiger partial charge in [0.05, 0.1) is 20.8 Å². The Bertz CT molecular complexity index is 653. The molecule has 0 amide bonds. The van der Waals surface area contributed by atoms with Gasteiger partial charge in [-0.15, -0.1) is 0 Å². The van der Waals surface area contributed by atoms with Crippen molar-refractivity contribution in [3.05, 3.63) is 34.7 Å². The highest BCUT2D eigenvalue weighted by Crippen LogP contribution is 2.29. The zero-order valence-electron chi connectivity index (χ0n) is 14.8. The van der Waals surface area contributed by atoms with Crippen molar-refractivity contribution in [1.29, 1.82) is 0 Å². The molecule has 1 heterocycles. The first kappa shape index (κ1) is 18.8. The molecule has 1 aliphatic carbocycles. The molecule has 1 aromatic heterocycles. The number of nitrogens with zero attached hydrogens (tertiary/aromatic N) is 1. The number of hydrogen-bond donors (Lipinski definition) is 0. The first-order valence-electron chi connectivity index (χ1n) is 8.20. The summed E-state index contributed by atoms with van der Waals surface area (Å²) in [4.78, 5) is 35.9. The van der Waals surface area contributed by atoms with Crippen LogP contribution in [0.25, 0.3) is 0 Å². The third-order valence-corrected chi connectivity index (χ3v) is 4.14. The summed E-state index contributed by atoms with van der Waals surface area (Å²) in [6.07, 6.45) is 6.93. The maximum absolute atomic E-state index is 12.4. The molecule has 0 bridgehead atoms. The van der Waals surface area contributed by atoms with Crippen molar-refractivity contribution in [3.63, 3.8) is 0 Å². The van der Waals surface area contributed by atoms with Gasteiger partial charge in [-0.1, -0.05) is 12.2 Å². The minimum absolute atomic E-state index is 0.0507. The summed E-state index contributed by atoms with van der Waals surface area (Å²) in [6.45, 7) is 1.53. The monoisotopic (exact) mass is 349 g/mol. The summed E-state index contributed by atoms with van der Waals surface area (Å²) in [7, 11) is 2.61. The van der Waals surface area contributed by atoms with Crippen molar-refractivity contribution < 1.29 is 28.6 Å². The first-order valence-corrected chi connectivity index (χ1v) is 8.20. The van der Waals surface area contributed by atoms with Crippen molar-refractivity contribution in [2.75, 3.05) is 20.8 Å². The van der Waals surface area contributed by atoms with Crippen molar-refractivity contribution in [1.82, 2.24) is 4.57 Å². The van der Waals surface area contributed by atoms with E-state index in [9.17, 15) is 14.4 Å². The van der Waals surface area contributed by atoms with Crippen LogP contribution in [0.2, 0.25) is 0 Å². The van der Waals surface area contributed by atoms with Gasteiger partial charge in [-0.25, -0.2) is 9.59 Å². The second kappa shape index (κ2) is 8.50. The molecule has 7 nitrogen and oxygen atoms in total. The second-order valence-corrected chi connectivity index (χ2v) is 5.68. The van der Waals surface area contributed by atoms with Gasteiger partial charge in [-0.2, -0.15) is 0 Å². The van der Waals surface area contributed by atoms with E-state index >= 15 is 0 Å². The smallest absolute Gasteiger partial charge is 0.354 e. The van der Waals surface area contributed by atoms with E-state index in [1.165, 1.54) is 21.1 Å². The summed E-state index contributed by atoms with van der Waals surface area (Å²) < 4.78 is 16.4. The average Bonchev–Trinajstić information content (AvgIpc) is 2.85. The average molecular weight is 349 g/mol. The molecule has 136 valence electrons. The lowest BCUT2D eigenvalue weighted by Gasteiger charge is -2.12. The van der Waals surface area contributed by atoms with Gasteiger partial charge < -0.3 is 18.8 Å². The number of hydrogen-bond acceptors (Lipinski definition) is 6. The van der Waals surface area contributed by atoms with Crippen LogP contribution >= 0.6 is 0 Å². The molecule has 2 rings (SSSR count). The molecule has 0 aliphatic heterocycles. The molecule has 0 atom stereocenters. The Balaban J connectivity index is 2.58. The van der Waals surface area contributed by atoms with Gasteiger partial charge in [0.2, 0.25) is 0 Å². The van der Waals surface area contributed by atoms with E-state index in [1.54, 1.807) is 4.57 Å². The van der Waals surface area contributed by atoms with Crippen LogP contribution in [0.4, 0.5) is 0 Å². The third-order valence-electron chi connectivity index (χ3n) is 4.14. The lowest BCUT2D eigenvalue weighted by atomic mass is 9.97. The number of methoxy groups -OCH3 is 2. The zero-order chi connectivity index (χ0) is 18.4. The van der Waals surface area contributed by atoms with Crippen LogP contribution in [0.3, 0.4) is 0 Å². The number of aromatic nitrogens is 1. The molecule has 0 aromatic carbocycles. The van der Waals surface area contributed by atoms with Gasteiger partial charge in [0.15, 0.2) is 0 Å². The number of carbonyl (C=O) groups excluding carboxylic acids is 3. The third kappa shape index (κ3) is 4.10. The van der Waals surface area contributed by atoms with Crippen LogP contribution in [0, 0.1) is 0 Å². The van der Waals surface area contributed by atoms with E-state index in [1.807, 2.05) is 0 Å². The molecule has 0 saturated carbocycles. The molecule has 0 radical (unpaired) electrons. The molecule has 0 N–H and O–H groups in total. The number of esters is 3. The minimum atomic E-state index is -0.515. The second-order valence-electron chi connectivity index (χ2n) is 5.68. The lowest BCUT2D eigenvalue weighted by Crippen LogP contribution is -2.20. The van der Waals surface area contributed by atoms with Crippen LogP contribution < -0.4 is 0 Å². The Morgan fingerprint density at radius 1 is 0.960 bits per heavy atom. The van der Waals surface area contributed by atoms with E-state index in [0.29, 0.717) is 24.2 Å². The Morgan fingerprint density at radius 2 is 1.44 bits per heavy atom. The summed E-state index contributed by atoms with van der Waals surface area (Å²) >= 11 is 0. The zero-order valence-corrected chi connectivity index (χ0v) is 14.8. The summed E-state index contributed by atoms with van der Waals surface area (Å²) in [5.41, 5.74) is 2.28. The van der Waals surface area contributed by atoms with Gasteiger partial charge in [0.25, 0.3) is 0 Å². The fourth-order valence-electron chi connectivity index (χ4n) is 3.12. The van der Waals surface area contributed by atoms with Crippen LogP contribution in [0.15, 0.2) is 12.2 Å². The molecular weight excluding hydrogens is 326 g/mol. The van der Waals surface area contributed by atoms with Crippen LogP contribution in [-0.4, -0.2) is 43.3 Å². The molecule has 1 aromatic rings. The van der Waals surface area contributed by atoms with Gasteiger partial charge >= 0.3 is 17.9 Å². The standard InChI is InChI=1S/C18H23NO6/c1-12(20)25-11-10-19-15(17(21)23-2)13-8-6-4-5-7-9-14(13)16(19)18(22)24-3/h4-5H,6-11H2,1-3H3/b5-4+. The molecule has 0 spiro atoms. The van der Waals surface area contributed by atoms with Crippen molar-refractivity contribution in [2.45, 2.75) is 39.2 Å². The van der Waals surface area contributed by atoms with Gasteiger partial charge in [-0.05, 0) is 36.8 Å². The maximum atomic E-state index is 12.4. The topological polar surface area (TPSA) is 83.8 Å². The first-order chi connectivity index (χ1) is 12.0. The van der Waals surface area contributed by atoms with E-state index in [2.05, 4.69) is 12.2 Å². The van der Waals surface area contributed by atoms with Gasteiger partial charge in [0.1, 0.15) is 18.0 Å². The summed E-state index contributed by atoms with van der Waals surface area (Å²) in [5, 5.41) is 0. The van der Waals surface area contributed by atoms with Crippen molar-refractivity contribution >= 4 is 17.9 Å². The molecule has 1 aliphatic rings. The highest BCUT2D eigenvalue weighted by molar-refractivity contribution is 5.96. The van der Waals surface area contributed by atoms with Gasteiger partial charge in [-0.3, -0.25) is 4.79 Å². The van der Waals surface area contributed by atoms with E-state index in [4.69, 9.17) is 14.2 Å². The number of carbonyl (C=O) groups is 3.